The zero-order chi connectivity index (χ0) is 28.8. The molecule has 2 N–H and O–H groups in total. The Morgan fingerprint density at radius 2 is 1.77 bits per heavy atom. The highest BCUT2D eigenvalue weighted by Crippen LogP contribution is 2.37. The van der Waals surface area contributed by atoms with Gasteiger partial charge in [0.2, 0.25) is 5.13 Å². The van der Waals surface area contributed by atoms with Gasteiger partial charge >= 0.3 is 12.4 Å². The van der Waals surface area contributed by atoms with Crippen LogP contribution in [-0.2, 0) is 29.0 Å². The van der Waals surface area contributed by atoms with Gasteiger partial charge in [-0.15, -0.1) is 10.2 Å². The van der Waals surface area contributed by atoms with E-state index >= 15 is 0 Å². The number of sulfonamides is 1. The minimum atomic E-state index is -4.73. The van der Waals surface area contributed by atoms with Gasteiger partial charge in [0, 0.05) is 18.2 Å². The summed E-state index contributed by atoms with van der Waals surface area (Å²) in [5.74, 6) is -0.565. The van der Waals surface area contributed by atoms with E-state index in [0.29, 0.717) is 22.3 Å². The number of nitrogens with zero attached hydrogens (tertiary/aromatic N) is 3. The third-order valence-corrected chi connectivity index (χ3v) is 8.46. The Kier molecular flexibility index (Phi) is 7.93. The molecule has 0 bridgehead atoms. The number of benzene rings is 1. The first kappa shape index (κ1) is 29.1. The summed E-state index contributed by atoms with van der Waals surface area (Å²) in [7, 11) is -4.44. The number of nitrogens with one attached hydrogen (secondary N) is 2. The molecule has 0 aliphatic heterocycles. The second-order valence-corrected chi connectivity index (χ2v) is 12.0. The third-order valence-electron chi connectivity index (χ3n) is 5.54. The van der Waals surface area contributed by atoms with Gasteiger partial charge in [-0.3, -0.25) is 4.72 Å². The Hall–Kier alpha value is -2.85. The maximum atomic E-state index is 13.2. The molecular formula is C22H20ClF6N5O3S2. The molecule has 1 unspecified atom stereocenters. The zero-order valence-corrected chi connectivity index (χ0v) is 22.5. The van der Waals surface area contributed by atoms with Gasteiger partial charge in [-0.2, -0.15) is 26.3 Å². The lowest BCUT2D eigenvalue weighted by molar-refractivity contribution is -0.153. The molecular weight excluding hydrogens is 596 g/mol. The Labute approximate surface area is 227 Å². The monoisotopic (exact) mass is 615 g/mol. The molecule has 1 aliphatic carbocycles. The molecule has 0 saturated carbocycles. The van der Waals surface area contributed by atoms with Crippen LogP contribution in [0.4, 0.5) is 37.3 Å². The fourth-order valence-electron chi connectivity index (χ4n) is 3.78. The summed E-state index contributed by atoms with van der Waals surface area (Å²) < 4.78 is 111. The number of aromatic nitrogens is 3. The molecule has 1 atom stereocenters. The molecule has 4 rings (SSSR count). The first-order chi connectivity index (χ1) is 18.0. The Morgan fingerprint density at radius 3 is 2.33 bits per heavy atom. The second-order valence-electron chi connectivity index (χ2n) is 8.98. The van der Waals surface area contributed by atoms with Gasteiger partial charge < -0.3 is 10.1 Å². The number of hydrogen-bond acceptors (Lipinski definition) is 8. The number of ether oxygens (including phenoxy) is 1. The fourth-order valence-corrected chi connectivity index (χ4v) is 6.16. The molecule has 8 nitrogen and oxygen atoms in total. The maximum Gasteiger partial charge on any atom is 0.422 e. The normalized spacial score (nSPS) is 15.9. The molecule has 212 valence electrons. The molecule has 0 saturated heterocycles. The van der Waals surface area contributed by atoms with Crippen LogP contribution >= 0.6 is 22.9 Å². The standard InChI is InChI=1S/C22H20ClF6N5O3S2/c1-10(2)19-32-33-20(38-19)34-39(35,36)17-6-12-4-14(3-11(12)5-16(17)37-9-21(24,25)26)31-18-15(23)7-13(8-30-18)22(27,28)29/h5-8,10,14H,3-4,9H2,1-2H3,(H,30,31)(H,33,34). The summed E-state index contributed by atoms with van der Waals surface area (Å²) in [6, 6.07) is 2.65. The minimum Gasteiger partial charge on any atom is -0.483 e. The highest BCUT2D eigenvalue weighted by atomic mass is 35.5. The van der Waals surface area contributed by atoms with E-state index in [0.717, 1.165) is 17.4 Å². The van der Waals surface area contributed by atoms with Gasteiger partial charge in [-0.05, 0) is 42.2 Å². The first-order valence-corrected chi connectivity index (χ1v) is 13.9. The van der Waals surface area contributed by atoms with Crippen LogP contribution in [0.25, 0.3) is 0 Å². The predicted molar refractivity (Wildman–Crippen MR) is 132 cm³/mol. The van der Waals surface area contributed by atoms with Crippen molar-refractivity contribution < 1.29 is 39.5 Å². The molecule has 1 aliphatic rings. The summed E-state index contributed by atoms with van der Waals surface area (Å²) in [5, 5.41) is 10.8. The van der Waals surface area contributed by atoms with Crippen molar-refractivity contribution in [3.8, 4) is 5.75 Å². The van der Waals surface area contributed by atoms with Gasteiger partial charge in [0.25, 0.3) is 10.0 Å². The zero-order valence-electron chi connectivity index (χ0n) is 20.1. The summed E-state index contributed by atoms with van der Waals surface area (Å²) in [4.78, 5) is 3.20. The molecule has 3 aromatic rings. The van der Waals surface area contributed by atoms with Crippen LogP contribution in [0.5, 0.6) is 5.75 Å². The van der Waals surface area contributed by atoms with Crippen molar-refractivity contribution in [2.75, 3.05) is 16.6 Å². The van der Waals surface area contributed by atoms with Crippen molar-refractivity contribution >= 4 is 43.9 Å². The molecule has 0 amide bonds. The lowest BCUT2D eigenvalue weighted by Crippen LogP contribution is -2.21. The van der Waals surface area contributed by atoms with Gasteiger partial charge in [-0.25, -0.2) is 13.4 Å². The summed E-state index contributed by atoms with van der Waals surface area (Å²) in [5.41, 5.74) is -0.0578. The van der Waals surface area contributed by atoms with Crippen LogP contribution in [0.15, 0.2) is 29.3 Å². The van der Waals surface area contributed by atoms with E-state index in [-0.39, 0.29) is 34.7 Å². The number of fused-ring (bicyclic) bond motifs is 1. The van der Waals surface area contributed by atoms with E-state index in [1.54, 1.807) is 0 Å². The van der Waals surface area contributed by atoms with Crippen molar-refractivity contribution in [3.63, 3.8) is 0 Å². The maximum absolute atomic E-state index is 13.2. The van der Waals surface area contributed by atoms with Crippen LogP contribution in [-0.4, -0.2) is 42.4 Å². The van der Waals surface area contributed by atoms with E-state index in [1.165, 1.54) is 12.1 Å². The highest BCUT2D eigenvalue weighted by Gasteiger charge is 2.34. The molecule has 2 aromatic heterocycles. The van der Waals surface area contributed by atoms with Crippen LogP contribution in [0.3, 0.4) is 0 Å². The van der Waals surface area contributed by atoms with Crippen molar-refractivity contribution in [2.45, 2.75) is 55.9 Å². The van der Waals surface area contributed by atoms with Gasteiger partial charge in [0.1, 0.15) is 21.5 Å². The molecule has 2 heterocycles. The Morgan fingerprint density at radius 1 is 1.10 bits per heavy atom. The average Bonchev–Trinajstić information content (AvgIpc) is 3.43. The SMILES string of the molecule is CC(C)c1nnc(NS(=O)(=O)c2cc3c(cc2OCC(F)(F)F)CC(Nc2ncc(C(F)(F)F)cc2Cl)C3)s1. The van der Waals surface area contributed by atoms with Crippen LogP contribution in [0, 0.1) is 0 Å². The van der Waals surface area contributed by atoms with Crippen molar-refractivity contribution in [1.29, 1.82) is 0 Å². The topological polar surface area (TPSA) is 106 Å². The largest absolute Gasteiger partial charge is 0.483 e. The van der Waals surface area contributed by atoms with Gasteiger partial charge in [-0.1, -0.05) is 36.8 Å². The summed E-state index contributed by atoms with van der Waals surface area (Å²) >= 11 is 6.95. The van der Waals surface area contributed by atoms with Crippen molar-refractivity contribution in [2.24, 2.45) is 0 Å². The molecule has 17 heteroatoms. The number of halogens is 7. The summed E-state index contributed by atoms with van der Waals surface area (Å²) in [6.07, 6.45) is -8.36. The molecule has 39 heavy (non-hydrogen) atoms. The number of pyridine rings is 1. The predicted octanol–water partition coefficient (Wildman–Crippen LogP) is 6.05. The number of anilines is 2. The van der Waals surface area contributed by atoms with E-state index in [4.69, 9.17) is 16.3 Å². The minimum absolute atomic E-state index is 0.0245. The second kappa shape index (κ2) is 10.6. The quantitative estimate of drug-likeness (QED) is 0.297. The van der Waals surface area contributed by atoms with E-state index in [2.05, 4.69) is 25.2 Å². The van der Waals surface area contributed by atoms with Crippen LogP contribution in [0.1, 0.15) is 41.5 Å². The molecule has 0 fully saturated rings. The van der Waals surface area contributed by atoms with E-state index in [1.807, 2.05) is 13.8 Å². The lowest BCUT2D eigenvalue weighted by atomic mass is 10.1. The Balaban J connectivity index is 1.61. The van der Waals surface area contributed by atoms with Crippen LogP contribution in [0.2, 0.25) is 5.02 Å². The van der Waals surface area contributed by atoms with Crippen LogP contribution < -0.4 is 14.8 Å². The van der Waals surface area contributed by atoms with E-state index < -0.39 is 51.2 Å². The lowest BCUT2D eigenvalue weighted by Gasteiger charge is -2.15. The van der Waals surface area contributed by atoms with E-state index in [9.17, 15) is 34.8 Å². The third kappa shape index (κ3) is 7.03. The fraction of sp³-hybridized carbons (Fsp3) is 0.409. The molecule has 1 aromatic carbocycles. The Bertz CT molecular complexity index is 1480. The number of hydrogen-bond donors (Lipinski definition) is 2. The molecule has 0 spiro atoms. The average molecular weight is 616 g/mol. The molecule has 0 radical (unpaired) electrons. The smallest absolute Gasteiger partial charge is 0.422 e. The van der Waals surface area contributed by atoms with Gasteiger partial charge in [0.05, 0.1) is 10.6 Å². The number of alkyl halides is 6. The highest BCUT2D eigenvalue weighted by molar-refractivity contribution is 7.93. The van der Waals surface area contributed by atoms with Crippen molar-refractivity contribution in [3.05, 3.63) is 51.1 Å². The van der Waals surface area contributed by atoms with Gasteiger partial charge in [0.15, 0.2) is 6.61 Å². The first-order valence-electron chi connectivity index (χ1n) is 11.2. The summed E-state index contributed by atoms with van der Waals surface area (Å²) in [6.45, 7) is 1.94. The number of rotatable bonds is 8. The van der Waals surface area contributed by atoms with Crippen molar-refractivity contribution in [1.82, 2.24) is 15.2 Å².